The molecule has 0 amide bonds. The van der Waals surface area contributed by atoms with Gasteiger partial charge in [0.15, 0.2) is 0 Å². The standard InChI is InChI=1S/C50H35N/c1-2-33-24-26-34(27-25-33)36-28-29-44-45(32-36)49(35-14-4-3-5-15-35)41-20-8-9-21-42(41)50(44)43-30-31-48(38-17-7-6-16-37(38)43)51-46-22-12-10-18-39(46)40-19-11-13-23-47(40)51/h3-32H,2H2,1H3. The summed E-state index contributed by atoms with van der Waals surface area (Å²) in [5, 5.41) is 10.1. The quantitative estimate of drug-likeness (QED) is 0.164. The number of benzene rings is 9. The van der Waals surface area contributed by atoms with E-state index in [0.717, 1.165) is 6.42 Å². The van der Waals surface area contributed by atoms with Crippen LogP contribution in [0.1, 0.15) is 12.5 Å². The second-order valence-electron chi connectivity index (χ2n) is 13.5. The summed E-state index contributed by atoms with van der Waals surface area (Å²) in [5.41, 5.74) is 12.5. The third kappa shape index (κ3) is 4.62. The van der Waals surface area contributed by atoms with Crippen LogP contribution in [0, 0.1) is 0 Å². The molecule has 0 spiro atoms. The van der Waals surface area contributed by atoms with Gasteiger partial charge < -0.3 is 4.57 Å². The van der Waals surface area contributed by atoms with Crippen LogP contribution in [0.15, 0.2) is 182 Å². The van der Waals surface area contributed by atoms with Gasteiger partial charge in [0.25, 0.3) is 0 Å². The van der Waals surface area contributed by atoms with Crippen LogP contribution in [0.4, 0.5) is 0 Å². The zero-order valence-corrected chi connectivity index (χ0v) is 28.5. The highest BCUT2D eigenvalue weighted by molar-refractivity contribution is 6.24. The van der Waals surface area contributed by atoms with Crippen LogP contribution in [0.2, 0.25) is 0 Å². The number of aryl methyl sites for hydroxylation is 1. The lowest BCUT2D eigenvalue weighted by atomic mass is 9.83. The Labute approximate surface area is 297 Å². The molecule has 0 saturated heterocycles. The van der Waals surface area contributed by atoms with Crippen molar-refractivity contribution in [3.05, 3.63) is 188 Å². The Hall–Kier alpha value is -6.44. The lowest BCUT2D eigenvalue weighted by molar-refractivity contribution is 1.14. The van der Waals surface area contributed by atoms with Gasteiger partial charge in [0.1, 0.15) is 0 Å². The third-order valence-corrected chi connectivity index (χ3v) is 10.8. The maximum Gasteiger partial charge on any atom is 0.0541 e. The summed E-state index contributed by atoms with van der Waals surface area (Å²) in [4.78, 5) is 0. The highest BCUT2D eigenvalue weighted by atomic mass is 15.0. The van der Waals surface area contributed by atoms with E-state index < -0.39 is 0 Å². The van der Waals surface area contributed by atoms with E-state index in [-0.39, 0.29) is 0 Å². The molecule has 1 heteroatoms. The van der Waals surface area contributed by atoms with Crippen molar-refractivity contribution in [3.8, 4) is 39.1 Å². The van der Waals surface area contributed by atoms with Crippen LogP contribution in [0.3, 0.4) is 0 Å². The Bertz CT molecular complexity index is 2870. The Kier molecular flexibility index (Phi) is 6.85. The molecule has 0 atom stereocenters. The lowest BCUT2D eigenvalue weighted by Crippen LogP contribution is -1.97. The minimum atomic E-state index is 1.04. The van der Waals surface area contributed by atoms with Gasteiger partial charge in [-0.2, -0.15) is 0 Å². The molecule has 10 rings (SSSR count). The fraction of sp³-hybridized carbons (Fsp3) is 0.0400. The first kappa shape index (κ1) is 29.5. The topological polar surface area (TPSA) is 4.93 Å². The fourth-order valence-electron chi connectivity index (χ4n) is 8.38. The van der Waals surface area contributed by atoms with Crippen molar-refractivity contribution in [2.75, 3.05) is 0 Å². The summed E-state index contributed by atoms with van der Waals surface area (Å²) in [5.74, 6) is 0. The maximum atomic E-state index is 2.45. The van der Waals surface area contributed by atoms with Gasteiger partial charge >= 0.3 is 0 Å². The van der Waals surface area contributed by atoms with Crippen molar-refractivity contribution in [2.24, 2.45) is 0 Å². The summed E-state index contributed by atoms with van der Waals surface area (Å²) < 4.78 is 2.45. The minimum Gasteiger partial charge on any atom is -0.309 e. The molecule has 1 nitrogen and oxygen atoms in total. The fourth-order valence-corrected chi connectivity index (χ4v) is 8.38. The van der Waals surface area contributed by atoms with Crippen molar-refractivity contribution >= 4 is 54.1 Å². The average Bonchev–Trinajstić information content (AvgIpc) is 3.54. The van der Waals surface area contributed by atoms with E-state index in [1.807, 2.05) is 0 Å². The summed E-state index contributed by atoms with van der Waals surface area (Å²) in [7, 11) is 0. The van der Waals surface area contributed by atoms with Gasteiger partial charge in [-0.05, 0) is 96.6 Å². The van der Waals surface area contributed by atoms with E-state index in [9.17, 15) is 0 Å². The Morgan fingerprint density at radius 1 is 0.353 bits per heavy atom. The van der Waals surface area contributed by atoms with E-state index in [0.29, 0.717) is 0 Å². The number of nitrogens with zero attached hydrogens (tertiary/aromatic N) is 1. The smallest absolute Gasteiger partial charge is 0.0541 e. The van der Waals surface area contributed by atoms with E-state index >= 15 is 0 Å². The normalized spacial score (nSPS) is 11.7. The molecular formula is C50H35N. The van der Waals surface area contributed by atoms with Gasteiger partial charge in [-0.3, -0.25) is 0 Å². The zero-order valence-electron chi connectivity index (χ0n) is 28.5. The minimum absolute atomic E-state index is 1.04. The molecular weight excluding hydrogens is 615 g/mol. The second-order valence-corrected chi connectivity index (χ2v) is 13.5. The first-order valence-corrected chi connectivity index (χ1v) is 17.9. The SMILES string of the molecule is CCc1ccc(-c2ccc3c(-c4ccc(-n5c6ccccc6c6ccccc65)c5ccccc45)c4ccccc4c(-c4ccccc4)c3c2)cc1. The molecule has 0 unspecified atom stereocenters. The van der Waals surface area contributed by atoms with Crippen LogP contribution in [0.5, 0.6) is 0 Å². The van der Waals surface area contributed by atoms with E-state index in [4.69, 9.17) is 0 Å². The average molecular weight is 650 g/mol. The van der Waals surface area contributed by atoms with Crippen molar-refractivity contribution in [2.45, 2.75) is 13.3 Å². The van der Waals surface area contributed by atoms with Gasteiger partial charge in [-0.1, -0.05) is 165 Å². The first-order chi connectivity index (χ1) is 25.3. The molecule has 10 aromatic rings. The Morgan fingerprint density at radius 3 is 1.55 bits per heavy atom. The van der Waals surface area contributed by atoms with Crippen LogP contribution in [-0.2, 0) is 6.42 Å². The summed E-state index contributed by atoms with van der Waals surface area (Å²) in [6.45, 7) is 2.21. The monoisotopic (exact) mass is 649 g/mol. The van der Waals surface area contributed by atoms with Crippen LogP contribution < -0.4 is 0 Å². The van der Waals surface area contributed by atoms with E-state index in [2.05, 4.69) is 193 Å². The molecule has 51 heavy (non-hydrogen) atoms. The molecule has 9 aromatic carbocycles. The molecule has 1 heterocycles. The Morgan fingerprint density at radius 2 is 0.882 bits per heavy atom. The number of aromatic nitrogens is 1. The number of hydrogen-bond acceptors (Lipinski definition) is 0. The number of para-hydroxylation sites is 2. The van der Waals surface area contributed by atoms with Crippen LogP contribution >= 0.6 is 0 Å². The van der Waals surface area contributed by atoms with Crippen molar-refractivity contribution in [3.63, 3.8) is 0 Å². The van der Waals surface area contributed by atoms with Gasteiger partial charge in [0.2, 0.25) is 0 Å². The summed E-state index contributed by atoms with van der Waals surface area (Å²) >= 11 is 0. The van der Waals surface area contributed by atoms with Gasteiger partial charge in [0.05, 0.1) is 16.7 Å². The highest BCUT2D eigenvalue weighted by Gasteiger charge is 2.21. The molecule has 0 aliphatic rings. The van der Waals surface area contributed by atoms with Crippen molar-refractivity contribution < 1.29 is 0 Å². The summed E-state index contributed by atoms with van der Waals surface area (Å²) in [6.07, 6.45) is 1.04. The molecule has 0 aliphatic carbocycles. The van der Waals surface area contributed by atoms with E-state index in [1.54, 1.807) is 0 Å². The van der Waals surface area contributed by atoms with Crippen molar-refractivity contribution in [1.82, 2.24) is 4.57 Å². The molecule has 240 valence electrons. The van der Waals surface area contributed by atoms with Gasteiger partial charge in [-0.15, -0.1) is 0 Å². The van der Waals surface area contributed by atoms with Crippen LogP contribution in [0.25, 0.3) is 93.2 Å². The van der Waals surface area contributed by atoms with Crippen LogP contribution in [-0.4, -0.2) is 4.57 Å². The largest absolute Gasteiger partial charge is 0.309 e. The summed E-state index contributed by atoms with van der Waals surface area (Å²) in [6, 6.07) is 67.2. The molecule has 0 radical (unpaired) electrons. The third-order valence-electron chi connectivity index (χ3n) is 10.8. The number of fused-ring (bicyclic) bond motifs is 6. The lowest BCUT2D eigenvalue weighted by Gasteiger charge is -2.21. The van der Waals surface area contributed by atoms with E-state index in [1.165, 1.54) is 98.8 Å². The first-order valence-electron chi connectivity index (χ1n) is 17.9. The Balaban J connectivity index is 1.30. The number of rotatable bonds is 5. The predicted molar refractivity (Wildman–Crippen MR) is 219 cm³/mol. The second kappa shape index (κ2) is 11.9. The number of hydrogen-bond donors (Lipinski definition) is 0. The van der Waals surface area contributed by atoms with Gasteiger partial charge in [-0.25, -0.2) is 0 Å². The molecule has 0 fully saturated rings. The van der Waals surface area contributed by atoms with Crippen molar-refractivity contribution in [1.29, 1.82) is 0 Å². The highest BCUT2D eigenvalue weighted by Crippen LogP contribution is 2.47. The molecule has 0 bridgehead atoms. The molecule has 0 N–H and O–H groups in total. The van der Waals surface area contributed by atoms with Gasteiger partial charge in [0, 0.05) is 16.2 Å². The molecule has 1 aromatic heterocycles. The molecule has 0 aliphatic heterocycles. The molecule has 0 saturated carbocycles. The zero-order chi connectivity index (χ0) is 33.9. The maximum absolute atomic E-state index is 2.45. The predicted octanol–water partition coefficient (Wildman–Crippen LogP) is 13.8.